The van der Waals surface area contributed by atoms with Crippen LogP contribution >= 0.6 is 0 Å². The van der Waals surface area contributed by atoms with Gasteiger partial charge in [-0.3, -0.25) is 10.1 Å². The maximum Gasteiger partial charge on any atom is 0.270 e. The summed E-state index contributed by atoms with van der Waals surface area (Å²) in [6.45, 7) is 10.6. The molecule has 0 aliphatic heterocycles. The van der Waals surface area contributed by atoms with Gasteiger partial charge >= 0.3 is 0 Å². The van der Waals surface area contributed by atoms with Crippen LogP contribution in [0.1, 0.15) is 26.3 Å². The summed E-state index contributed by atoms with van der Waals surface area (Å²) < 4.78 is 5.51. The zero-order chi connectivity index (χ0) is 14.5. The van der Waals surface area contributed by atoms with E-state index in [-0.39, 0.29) is 11.2 Å². The van der Waals surface area contributed by atoms with Gasteiger partial charge in [0.15, 0.2) is 0 Å². The molecule has 0 unspecified atom stereocenters. The van der Waals surface area contributed by atoms with E-state index in [0.717, 1.165) is 5.56 Å². The third kappa shape index (κ3) is 5.09. The normalized spacial score (nSPS) is 11.1. The van der Waals surface area contributed by atoms with E-state index < -0.39 is 4.92 Å². The van der Waals surface area contributed by atoms with Gasteiger partial charge < -0.3 is 10.1 Å². The summed E-state index contributed by atoms with van der Waals surface area (Å²) in [6.07, 6.45) is 1.64. The molecule has 0 radical (unpaired) electrons. The van der Waals surface area contributed by atoms with Crippen molar-refractivity contribution in [1.29, 1.82) is 0 Å². The molecule has 0 atom stereocenters. The number of ether oxygens (including phenoxy) is 1. The van der Waals surface area contributed by atoms with Crippen LogP contribution in [-0.4, -0.2) is 17.1 Å². The summed E-state index contributed by atoms with van der Waals surface area (Å²) in [6, 6.07) is 4.61. The van der Waals surface area contributed by atoms with Crippen molar-refractivity contribution in [2.45, 2.75) is 32.9 Å². The molecule has 1 N–H and O–H groups in total. The Hall–Kier alpha value is -1.88. The highest BCUT2D eigenvalue weighted by Gasteiger charge is 2.14. The molecule has 0 amide bonds. The fourth-order valence-corrected chi connectivity index (χ4v) is 1.47. The van der Waals surface area contributed by atoms with Gasteiger partial charge in [-0.1, -0.05) is 12.7 Å². The van der Waals surface area contributed by atoms with E-state index in [2.05, 4.69) is 11.9 Å². The Morgan fingerprint density at radius 1 is 1.47 bits per heavy atom. The first-order valence-corrected chi connectivity index (χ1v) is 6.09. The van der Waals surface area contributed by atoms with Crippen LogP contribution in [0.15, 0.2) is 30.9 Å². The predicted molar refractivity (Wildman–Crippen MR) is 75.4 cm³/mol. The van der Waals surface area contributed by atoms with Crippen LogP contribution in [0.5, 0.6) is 5.75 Å². The average Bonchev–Trinajstić information content (AvgIpc) is 2.33. The van der Waals surface area contributed by atoms with Gasteiger partial charge in [-0.05, 0) is 26.8 Å². The van der Waals surface area contributed by atoms with Crippen molar-refractivity contribution in [3.63, 3.8) is 0 Å². The average molecular weight is 264 g/mol. The highest BCUT2D eigenvalue weighted by atomic mass is 16.6. The first kappa shape index (κ1) is 15.2. The molecule has 0 bridgehead atoms. The summed E-state index contributed by atoms with van der Waals surface area (Å²) in [5.41, 5.74) is 0.767. The molecule has 104 valence electrons. The van der Waals surface area contributed by atoms with Crippen LogP contribution in [0.2, 0.25) is 0 Å². The largest absolute Gasteiger partial charge is 0.489 e. The molecule has 1 aromatic carbocycles. The lowest BCUT2D eigenvalue weighted by atomic mass is 10.1. The van der Waals surface area contributed by atoms with Gasteiger partial charge in [0.1, 0.15) is 12.4 Å². The lowest BCUT2D eigenvalue weighted by Crippen LogP contribution is -2.35. The van der Waals surface area contributed by atoms with E-state index in [1.165, 1.54) is 12.1 Å². The maximum atomic E-state index is 10.8. The first-order chi connectivity index (χ1) is 8.83. The topological polar surface area (TPSA) is 64.4 Å². The van der Waals surface area contributed by atoms with Crippen LogP contribution < -0.4 is 10.1 Å². The molecule has 19 heavy (non-hydrogen) atoms. The highest BCUT2D eigenvalue weighted by Crippen LogP contribution is 2.24. The molecule has 0 saturated heterocycles. The fourth-order valence-electron chi connectivity index (χ4n) is 1.47. The lowest BCUT2D eigenvalue weighted by molar-refractivity contribution is -0.384. The molecular formula is C14H20N2O3. The number of nitro benzene ring substituents is 1. The Kier molecular flexibility index (Phi) is 5.06. The number of nitro groups is 1. The van der Waals surface area contributed by atoms with Crippen LogP contribution in [0.3, 0.4) is 0 Å². The van der Waals surface area contributed by atoms with Crippen LogP contribution in [0.25, 0.3) is 0 Å². The Bertz CT molecular complexity index is 464. The number of nitrogens with one attached hydrogen (secondary N) is 1. The van der Waals surface area contributed by atoms with E-state index >= 15 is 0 Å². The first-order valence-electron chi connectivity index (χ1n) is 6.09. The van der Waals surface area contributed by atoms with Crippen LogP contribution in [0, 0.1) is 10.1 Å². The lowest BCUT2D eigenvalue weighted by Gasteiger charge is -2.21. The van der Waals surface area contributed by atoms with Gasteiger partial charge in [0.05, 0.1) is 4.92 Å². The highest BCUT2D eigenvalue weighted by molar-refractivity contribution is 5.44. The van der Waals surface area contributed by atoms with Gasteiger partial charge in [-0.25, -0.2) is 0 Å². The van der Waals surface area contributed by atoms with E-state index in [1.807, 2.05) is 20.8 Å². The number of non-ortho nitro benzene ring substituents is 1. The van der Waals surface area contributed by atoms with Crippen molar-refractivity contribution in [3.8, 4) is 5.75 Å². The monoisotopic (exact) mass is 264 g/mol. The molecule has 1 rings (SSSR count). The predicted octanol–water partition coefficient (Wildman–Crippen LogP) is 3.05. The molecular weight excluding hydrogens is 244 g/mol. The van der Waals surface area contributed by atoms with Crippen molar-refractivity contribution in [2.75, 3.05) is 6.61 Å². The number of hydrogen-bond donors (Lipinski definition) is 1. The Balaban J connectivity index is 2.96. The zero-order valence-electron chi connectivity index (χ0n) is 11.6. The molecule has 0 fully saturated rings. The number of nitrogens with zero attached hydrogens (tertiary/aromatic N) is 1. The van der Waals surface area contributed by atoms with Crippen LogP contribution in [-0.2, 0) is 6.54 Å². The quantitative estimate of drug-likeness (QED) is 0.487. The SMILES string of the molecule is C=CCOc1ccc([N+](=O)[O-])cc1CNC(C)(C)C. The van der Waals surface area contributed by atoms with E-state index in [0.29, 0.717) is 18.9 Å². The number of rotatable bonds is 6. The third-order valence-corrected chi connectivity index (χ3v) is 2.42. The molecule has 0 saturated carbocycles. The van der Waals surface area contributed by atoms with Crippen molar-refractivity contribution in [3.05, 3.63) is 46.5 Å². The maximum absolute atomic E-state index is 10.8. The molecule has 1 aromatic rings. The minimum absolute atomic E-state index is 0.0664. The minimum Gasteiger partial charge on any atom is -0.489 e. The third-order valence-electron chi connectivity index (χ3n) is 2.42. The number of benzene rings is 1. The molecule has 0 heterocycles. The van der Waals surface area contributed by atoms with Crippen molar-refractivity contribution in [2.24, 2.45) is 0 Å². The summed E-state index contributed by atoms with van der Waals surface area (Å²) in [7, 11) is 0. The summed E-state index contributed by atoms with van der Waals surface area (Å²) in [5, 5.41) is 14.1. The van der Waals surface area contributed by atoms with Crippen molar-refractivity contribution < 1.29 is 9.66 Å². The molecule has 0 spiro atoms. The van der Waals surface area contributed by atoms with E-state index in [1.54, 1.807) is 12.1 Å². The summed E-state index contributed by atoms with van der Waals surface area (Å²) in [5.74, 6) is 0.641. The fraction of sp³-hybridized carbons (Fsp3) is 0.429. The van der Waals surface area contributed by atoms with Crippen molar-refractivity contribution in [1.82, 2.24) is 5.32 Å². The molecule has 0 aliphatic rings. The summed E-state index contributed by atoms with van der Waals surface area (Å²) >= 11 is 0. The summed E-state index contributed by atoms with van der Waals surface area (Å²) in [4.78, 5) is 10.4. The smallest absolute Gasteiger partial charge is 0.270 e. The van der Waals surface area contributed by atoms with E-state index in [4.69, 9.17) is 4.74 Å². The molecule has 5 heteroatoms. The van der Waals surface area contributed by atoms with Gasteiger partial charge in [-0.2, -0.15) is 0 Å². The Morgan fingerprint density at radius 2 is 2.16 bits per heavy atom. The van der Waals surface area contributed by atoms with Gasteiger partial charge in [-0.15, -0.1) is 0 Å². The molecule has 0 aromatic heterocycles. The zero-order valence-corrected chi connectivity index (χ0v) is 11.6. The molecule has 0 aliphatic carbocycles. The van der Waals surface area contributed by atoms with E-state index in [9.17, 15) is 10.1 Å². The van der Waals surface area contributed by atoms with Gasteiger partial charge in [0, 0.05) is 29.8 Å². The second kappa shape index (κ2) is 6.33. The standard InChI is InChI=1S/C14H20N2O3/c1-5-8-19-13-7-6-12(16(17)18)9-11(13)10-15-14(2,3)4/h5-7,9,15H,1,8,10H2,2-4H3. The van der Waals surface area contributed by atoms with Crippen molar-refractivity contribution >= 4 is 5.69 Å². The number of hydrogen-bond acceptors (Lipinski definition) is 4. The Labute approximate surface area is 113 Å². The van der Waals surface area contributed by atoms with Gasteiger partial charge in [0.2, 0.25) is 0 Å². The molecule has 5 nitrogen and oxygen atoms in total. The van der Waals surface area contributed by atoms with Gasteiger partial charge in [0.25, 0.3) is 5.69 Å². The second-order valence-electron chi connectivity index (χ2n) is 5.25. The Morgan fingerprint density at radius 3 is 2.68 bits per heavy atom. The second-order valence-corrected chi connectivity index (χ2v) is 5.25. The minimum atomic E-state index is -0.405. The van der Waals surface area contributed by atoms with Crippen LogP contribution in [0.4, 0.5) is 5.69 Å².